The van der Waals surface area contributed by atoms with Crippen LogP contribution in [0.5, 0.6) is 0 Å². The molecule has 0 fully saturated rings. The van der Waals surface area contributed by atoms with Crippen molar-refractivity contribution in [3.63, 3.8) is 0 Å². The van der Waals surface area contributed by atoms with Crippen LogP contribution in [0.4, 0.5) is 0 Å². The molecular formula is C6H11N3. The van der Waals surface area contributed by atoms with E-state index in [1.807, 2.05) is 19.9 Å². The Morgan fingerprint density at radius 1 is 1.78 bits per heavy atom. The quantitative estimate of drug-likeness (QED) is 0.581. The maximum absolute atomic E-state index is 5.54. The first kappa shape index (κ1) is 6.29. The van der Waals surface area contributed by atoms with Gasteiger partial charge in [-0.05, 0) is 19.9 Å². The second-order valence-electron chi connectivity index (χ2n) is 2.26. The van der Waals surface area contributed by atoms with Crippen molar-refractivity contribution in [2.75, 3.05) is 0 Å². The van der Waals surface area contributed by atoms with E-state index in [2.05, 4.69) is 10.2 Å². The lowest BCUT2D eigenvalue weighted by molar-refractivity contribution is 0.772. The predicted octanol–water partition coefficient (Wildman–Crippen LogP) is 0.738. The van der Waals surface area contributed by atoms with E-state index in [1.165, 1.54) is 0 Å². The first-order valence-corrected chi connectivity index (χ1v) is 2.97. The number of nitrogens with one attached hydrogen (secondary N) is 1. The van der Waals surface area contributed by atoms with Gasteiger partial charge in [0.25, 0.3) is 0 Å². The van der Waals surface area contributed by atoms with Crippen molar-refractivity contribution in [1.29, 1.82) is 0 Å². The second kappa shape index (κ2) is 2.19. The number of aromatic nitrogens is 2. The fraction of sp³-hybridized carbons (Fsp3) is 0.500. The lowest BCUT2D eigenvalue weighted by Gasteiger charge is -1.95. The number of H-pyrrole nitrogens is 1. The number of rotatable bonds is 1. The van der Waals surface area contributed by atoms with Gasteiger partial charge in [0, 0.05) is 11.7 Å². The number of nitrogens with zero attached hydrogens (tertiary/aromatic N) is 1. The third-order valence-corrected chi connectivity index (χ3v) is 1.19. The van der Waals surface area contributed by atoms with Crippen LogP contribution < -0.4 is 5.73 Å². The minimum absolute atomic E-state index is 0.0370. The third-order valence-electron chi connectivity index (χ3n) is 1.19. The van der Waals surface area contributed by atoms with Crippen molar-refractivity contribution in [3.05, 3.63) is 17.5 Å². The Hall–Kier alpha value is -0.830. The summed E-state index contributed by atoms with van der Waals surface area (Å²) in [6.07, 6.45) is 0. The molecule has 1 aromatic rings. The minimum Gasteiger partial charge on any atom is -0.323 e. The van der Waals surface area contributed by atoms with Gasteiger partial charge in [0.2, 0.25) is 0 Å². The fourth-order valence-corrected chi connectivity index (χ4v) is 0.672. The zero-order chi connectivity index (χ0) is 6.85. The maximum atomic E-state index is 5.54. The Bertz CT molecular complexity index is 190. The number of hydrogen-bond donors (Lipinski definition) is 2. The highest BCUT2D eigenvalue weighted by Gasteiger charge is 2.00. The zero-order valence-electron chi connectivity index (χ0n) is 5.68. The van der Waals surface area contributed by atoms with Crippen LogP contribution in [-0.2, 0) is 0 Å². The fourth-order valence-electron chi connectivity index (χ4n) is 0.672. The summed E-state index contributed by atoms with van der Waals surface area (Å²) in [7, 11) is 0. The van der Waals surface area contributed by atoms with E-state index < -0.39 is 0 Å². The van der Waals surface area contributed by atoms with E-state index >= 15 is 0 Å². The van der Waals surface area contributed by atoms with Crippen molar-refractivity contribution in [3.8, 4) is 0 Å². The number of aromatic amines is 1. The molecule has 0 bridgehead atoms. The van der Waals surface area contributed by atoms with Gasteiger partial charge < -0.3 is 5.73 Å². The van der Waals surface area contributed by atoms with Crippen LogP contribution in [0, 0.1) is 6.92 Å². The van der Waals surface area contributed by atoms with Crippen LogP contribution in [-0.4, -0.2) is 10.2 Å². The SMILES string of the molecule is Cc1cc(C(C)N)n[nH]1. The lowest BCUT2D eigenvalue weighted by Crippen LogP contribution is -2.04. The van der Waals surface area contributed by atoms with Crippen LogP contribution in [0.25, 0.3) is 0 Å². The Labute approximate surface area is 54.3 Å². The van der Waals surface area contributed by atoms with Gasteiger partial charge in [-0.3, -0.25) is 5.10 Å². The summed E-state index contributed by atoms with van der Waals surface area (Å²) >= 11 is 0. The average Bonchev–Trinajstić information content (AvgIpc) is 2.14. The van der Waals surface area contributed by atoms with E-state index in [-0.39, 0.29) is 6.04 Å². The van der Waals surface area contributed by atoms with Crippen LogP contribution in [0.15, 0.2) is 6.07 Å². The van der Waals surface area contributed by atoms with Gasteiger partial charge in [-0.25, -0.2) is 0 Å². The molecule has 0 radical (unpaired) electrons. The molecule has 3 heteroatoms. The van der Waals surface area contributed by atoms with Crippen molar-refractivity contribution in [2.24, 2.45) is 5.73 Å². The Balaban J connectivity index is 2.85. The van der Waals surface area contributed by atoms with Gasteiger partial charge in [0.1, 0.15) is 0 Å². The average molecular weight is 125 g/mol. The van der Waals surface area contributed by atoms with E-state index in [0.29, 0.717) is 0 Å². The summed E-state index contributed by atoms with van der Waals surface area (Å²) in [5.41, 5.74) is 7.53. The topological polar surface area (TPSA) is 54.7 Å². The molecule has 0 saturated heterocycles. The maximum Gasteiger partial charge on any atom is 0.0789 e. The summed E-state index contributed by atoms with van der Waals surface area (Å²) in [4.78, 5) is 0. The Kier molecular flexibility index (Phi) is 1.53. The molecule has 0 aliphatic rings. The van der Waals surface area contributed by atoms with Gasteiger partial charge >= 0.3 is 0 Å². The Morgan fingerprint density at radius 3 is 2.67 bits per heavy atom. The molecule has 0 aliphatic heterocycles. The molecule has 50 valence electrons. The normalized spacial score (nSPS) is 13.7. The predicted molar refractivity (Wildman–Crippen MR) is 35.9 cm³/mol. The summed E-state index contributed by atoms with van der Waals surface area (Å²) < 4.78 is 0. The zero-order valence-corrected chi connectivity index (χ0v) is 5.68. The van der Waals surface area contributed by atoms with Crippen LogP contribution in [0.2, 0.25) is 0 Å². The summed E-state index contributed by atoms with van der Waals surface area (Å²) in [5, 5.41) is 6.79. The van der Waals surface area contributed by atoms with E-state index in [1.54, 1.807) is 0 Å². The van der Waals surface area contributed by atoms with E-state index in [0.717, 1.165) is 11.4 Å². The number of aryl methyl sites for hydroxylation is 1. The van der Waals surface area contributed by atoms with Gasteiger partial charge in [0.05, 0.1) is 5.69 Å². The molecule has 0 aliphatic carbocycles. The van der Waals surface area contributed by atoms with E-state index in [9.17, 15) is 0 Å². The minimum atomic E-state index is 0.0370. The highest BCUT2D eigenvalue weighted by molar-refractivity contribution is 5.09. The molecule has 0 spiro atoms. The highest BCUT2D eigenvalue weighted by atomic mass is 15.1. The van der Waals surface area contributed by atoms with Crippen molar-refractivity contribution < 1.29 is 0 Å². The number of nitrogens with two attached hydrogens (primary N) is 1. The standard InChI is InChI=1S/C6H11N3/c1-4-3-6(5(2)7)9-8-4/h3,5H,7H2,1-2H3,(H,8,9). The van der Waals surface area contributed by atoms with Gasteiger partial charge in [0.15, 0.2) is 0 Å². The second-order valence-corrected chi connectivity index (χ2v) is 2.26. The smallest absolute Gasteiger partial charge is 0.0789 e. The van der Waals surface area contributed by atoms with Crippen LogP contribution >= 0.6 is 0 Å². The molecule has 3 nitrogen and oxygen atoms in total. The Morgan fingerprint density at radius 2 is 2.44 bits per heavy atom. The van der Waals surface area contributed by atoms with Gasteiger partial charge in [-0.2, -0.15) is 5.10 Å². The first-order chi connectivity index (χ1) is 4.20. The van der Waals surface area contributed by atoms with Crippen molar-refractivity contribution in [2.45, 2.75) is 19.9 Å². The van der Waals surface area contributed by atoms with Crippen LogP contribution in [0.1, 0.15) is 24.4 Å². The third kappa shape index (κ3) is 1.29. The monoisotopic (exact) mass is 125 g/mol. The lowest BCUT2D eigenvalue weighted by atomic mass is 10.2. The molecule has 0 saturated carbocycles. The van der Waals surface area contributed by atoms with Gasteiger partial charge in [-0.1, -0.05) is 0 Å². The highest BCUT2D eigenvalue weighted by Crippen LogP contribution is 2.05. The molecule has 1 heterocycles. The molecule has 0 amide bonds. The number of hydrogen-bond acceptors (Lipinski definition) is 2. The van der Waals surface area contributed by atoms with Crippen molar-refractivity contribution in [1.82, 2.24) is 10.2 Å². The van der Waals surface area contributed by atoms with E-state index in [4.69, 9.17) is 5.73 Å². The molecule has 0 aromatic carbocycles. The summed E-state index contributed by atoms with van der Waals surface area (Å²) in [6, 6.07) is 1.99. The van der Waals surface area contributed by atoms with Gasteiger partial charge in [-0.15, -0.1) is 0 Å². The molecule has 1 rings (SSSR count). The molecule has 9 heavy (non-hydrogen) atoms. The van der Waals surface area contributed by atoms with Crippen LogP contribution in [0.3, 0.4) is 0 Å². The summed E-state index contributed by atoms with van der Waals surface area (Å²) in [6.45, 7) is 3.87. The summed E-state index contributed by atoms with van der Waals surface area (Å²) in [5.74, 6) is 0. The molecule has 1 aromatic heterocycles. The first-order valence-electron chi connectivity index (χ1n) is 2.97. The van der Waals surface area contributed by atoms with Crippen molar-refractivity contribution >= 4 is 0 Å². The molecule has 3 N–H and O–H groups in total. The largest absolute Gasteiger partial charge is 0.323 e. The molecule has 1 atom stereocenters. The molecular weight excluding hydrogens is 114 g/mol. The molecule has 1 unspecified atom stereocenters.